The van der Waals surface area contributed by atoms with E-state index in [0.29, 0.717) is 12.1 Å². The number of halogens is 1. The van der Waals surface area contributed by atoms with Gasteiger partial charge in [-0.1, -0.05) is 6.07 Å². The quantitative estimate of drug-likeness (QED) is 0.783. The lowest BCUT2D eigenvalue weighted by Crippen LogP contribution is -2.21. The Balaban J connectivity index is 1.63. The first kappa shape index (κ1) is 13.7. The van der Waals surface area contributed by atoms with Crippen molar-refractivity contribution in [3.63, 3.8) is 0 Å². The predicted octanol–water partition coefficient (Wildman–Crippen LogP) is 2.77. The normalized spacial score (nSPS) is 11.4. The van der Waals surface area contributed by atoms with Crippen LogP contribution in [-0.2, 0) is 13.0 Å². The van der Waals surface area contributed by atoms with Crippen molar-refractivity contribution in [3.05, 3.63) is 59.9 Å². The smallest absolute Gasteiger partial charge is 0.151 e. The lowest BCUT2D eigenvalue weighted by molar-refractivity contribution is 0.324. The molecule has 0 aliphatic carbocycles. The number of H-pyrrole nitrogens is 1. The molecular weight excluding hydrogens is 267 g/mol. The zero-order valence-corrected chi connectivity index (χ0v) is 11.9. The Bertz CT molecular complexity index is 723. The van der Waals surface area contributed by atoms with Crippen molar-refractivity contribution < 1.29 is 4.39 Å². The molecule has 4 nitrogen and oxygen atoms in total. The second-order valence-electron chi connectivity index (χ2n) is 5.16. The molecule has 0 saturated heterocycles. The Morgan fingerprint density at radius 3 is 2.76 bits per heavy atom. The number of hydrogen-bond acceptors (Lipinski definition) is 3. The minimum atomic E-state index is -0.283. The van der Waals surface area contributed by atoms with E-state index in [1.165, 1.54) is 11.6 Å². The number of para-hydroxylation sites is 1. The first-order chi connectivity index (χ1) is 10.2. The number of aromatic nitrogens is 3. The van der Waals surface area contributed by atoms with Gasteiger partial charge in [-0.05, 0) is 43.3 Å². The van der Waals surface area contributed by atoms with Gasteiger partial charge in [0.15, 0.2) is 5.82 Å². The third-order valence-corrected chi connectivity index (χ3v) is 3.46. The molecule has 1 aromatic carbocycles. The second kappa shape index (κ2) is 6.01. The van der Waals surface area contributed by atoms with Gasteiger partial charge in [-0.15, -0.1) is 0 Å². The molecule has 21 heavy (non-hydrogen) atoms. The summed E-state index contributed by atoms with van der Waals surface area (Å²) in [6, 6.07) is 8.99. The maximum Gasteiger partial charge on any atom is 0.151 e. The highest BCUT2D eigenvalue weighted by Gasteiger charge is 2.09. The number of benzene rings is 1. The van der Waals surface area contributed by atoms with Crippen LogP contribution in [0.4, 0.5) is 4.39 Å². The van der Waals surface area contributed by atoms with Gasteiger partial charge in [0, 0.05) is 18.9 Å². The van der Waals surface area contributed by atoms with Crippen molar-refractivity contribution in [3.8, 4) is 0 Å². The van der Waals surface area contributed by atoms with E-state index in [0.717, 1.165) is 24.3 Å². The van der Waals surface area contributed by atoms with Crippen LogP contribution in [0.5, 0.6) is 0 Å². The molecule has 1 N–H and O–H groups in total. The van der Waals surface area contributed by atoms with Crippen LogP contribution in [0.15, 0.2) is 42.7 Å². The molecule has 0 atom stereocenters. The molecule has 2 heterocycles. The van der Waals surface area contributed by atoms with E-state index in [9.17, 15) is 4.39 Å². The summed E-state index contributed by atoms with van der Waals surface area (Å²) in [7, 11) is 2.03. The van der Waals surface area contributed by atoms with E-state index >= 15 is 0 Å². The Hall–Kier alpha value is -2.27. The highest BCUT2D eigenvalue weighted by molar-refractivity contribution is 5.75. The zero-order chi connectivity index (χ0) is 14.7. The Morgan fingerprint density at radius 1 is 1.19 bits per heavy atom. The fourth-order valence-corrected chi connectivity index (χ4v) is 2.33. The average molecular weight is 284 g/mol. The lowest BCUT2D eigenvalue weighted by Gasteiger charge is -2.14. The molecule has 0 bridgehead atoms. The Labute approximate surface area is 122 Å². The van der Waals surface area contributed by atoms with Gasteiger partial charge in [0.2, 0.25) is 0 Å². The van der Waals surface area contributed by atoms with Gasteiger partial charge >= 0.3 is 0 Å². The van der Waals surface area contributed by atoms with Gasteiger partial charge in [-0.25, -0.2) is 9.37 Å². The minimum Gasteiger partial charge on any atom is -0.341 e. The summed E-state index contributed by atoms with van der Waals surface area (Å²) in [5.74, 6) is 0.502. The molecule has 3 aromatic rings. The number of rotatable bonds is 5. The van der Waals surface area contributed by atoms with Gasteiger partial charge in [-0.3, -0.25) is 9.88 Å². The summed E-state index contributed by atoms with van der Waals surface area (Å²) >= 11 is 0. The Kier molecular flexibility index (Phi) is 3.92. The average Bonchev–Trinajstić information content (AvgIpc) is 2.90. The fraction of sp³-hybridized carbons (Fsp3) is 0.250. The number of likely N-dealkylation sites (N-methyl/N-ethyl adjacent to an activating group) is 1. The fourth-order valence-electron chi connectivity index (χ4n) is 2.33. The molecule has 2 aromatic heterocycles. The van der Waals surface area contributed by atoms with Gasteiger partial charge in [-0.2, -0.15) is 0 Å². The third-order valence-electron chi connectivity index (χ3n) is 3.46. The topological polar surface area (TPSA) is 44.8 Å². The monoisotopic (exact) mass is 284 g/mol. The van der Waals surface area contributed by atoms with Crippen molar-refractivity contribution >= 4 is 11.0 Å². The first-order valence-corrected chi connectivity index (χ1v) is 6.93. The number of imidazole rings is 1. The molecule has 0 saturated carbocycles. The van der Waals surface area contributed by atoms with Crippen LogP contribution in [0.25, 0.3) is 11.0 Å². The van der Waals surface area contributed by atoms with Crippen molar-refractivity contribution in [2.45, 2.75) is 13.0 Å². The highest BCUT2D eigenvalue weighted by Crippen LogP contribution is 2.15. The summed E-state index contributed by atoms with van der Waals surface area (Å²) < 4.78 is 13.6. The van der Waals surface area contributed by atoms with E-state index < -0.39 is 0 Å². The molecule has 0 spiro atoms. The van der Waals surface area contributed by atoms with Gasteiger partial charge < -0.3 is 4.98 Å². The maximum absolute atomic E-state index is 13.6. The molecule has 0 amide bonds. The number of hydrogen-bond donors (Lipinski definition) is 1. The summed E-state index contributed by atoms with van der Waals surface area (Å²) in [6.07, 6.45) is 4.56. The van der Waals surface area contributed by atoms with E-state index in [1.54, 1.807) is 18.5 Å². The van der Waals surface area contributed by atoms with E-state index in [1.807, 2.05) is 25.2 Å². The molecule has 0 aliphatic rings. The van der Waals surface area contributed by atoms with E-state index in [4.69, 9.17) is 0 Å². The van der Waals surface area contributed by atoms with Gasteiger partial charge in [0.1, 0.15) is 11.3 Å². The maximum atomic E-state index is 13.6. The van der Waals surface area contributed by atoms with Gasteiger partial charge in [0.05, 0.1) is 12.1 Å². The number of fused-ring (bicyclic) bond motifs is 1. The molecule has 0 aliphatic heterocycles. The number of aromatic amines is 1. The standard InChI is InChI=1S/C16H17FN4/c1-21(10-7-12-5-8-18-9-6-12)11-15-19-14-4-2-3-13(17)16(14)20-15/h2-6,8-9H,7,10-11H2,1H3,(H,19,20). The second-order valence-corrected chi connectivity index (χ2v) is 5.16. The van der Waals surface area contributed by atoms with Crippen LogP contribution in [0.1, 0.15) is 11.4 Å². The molecule has 0 unspecified atom stereocenters. The number of nitrogens with one attached hydrogen (secondary N) is 1. The van der Waals surface area contributed by atoms with E-state index in [2.05, 4.69) is 19.9 Å². The molecule has 5 heteroatoms. The van der Waals surface area contributed by atoms with Crippen molar-refractivity contribution in [2.24, 2.45) is 0 Å². The van der Waals surface area contributed by atoms with E-state index in [-0.39, 0.29) is 5.82 Å². The van der Waals surface area contributed by atoms with Crippen LogP contribution in [0.3, 0.4) is 0 Å². The van der Waals surface area contributed by atoms with Crippen LogP contribution in [-0.4, -0.2) is 33.4 Å². The first-order valence-electron chi connectivity index (χ1n) is 6.93. The third kappa shape index (κ3) is 3.25. The van der Waals surface area contributed by atoms with Crippen LogP contribution in [0.2, 0.25) is 0 Å². The molecule has 0 fully saturated rings. The molecular formula is C16H17FN4. The SMILES string of the molecule is CN(CCc1ccncc1)Cc1nc2c(F)cccc2[nH]1. The summed E-state index contributed by atoms with van der Waals surface area (Å²) in [6.45, 7) is 1.57. The minimum absolute atomic E-state index is 0.283. The van der Waals surface area contributed by atoms with Crippen molar-refractivity contribution in [1.82, 2.24) is 19.9 Å². The van der Waals surface area contributed by atoms with Crippen LogP contribution >= 0.6 is 0 Å². The molecule has 3 rings (SSSR count). The number of pyridine rings is 1. The van der Waals surface area contributed by atoms with Crippen LogP contribution < -0.4 is 0 Å². The largest absolute Gasteiger partial charge is 0.341 e. The van der Waals surface area contributed by atoms with Crippen LogP contribution in [0, 0.1) is 5.82 Å². The molecule has 0 radical (unpaired) electrons. The summed E-state index contributed by atoms with van der Waals surface area (Å²) in [5, 5.41) is 0. The van der Waals surface area contributed by atoms with Crippen molar-refractivity contribution in [1.29, 1.82) is 0 Å². The predicted molar refractivity (Wildman–Crippen MR) is 80.3 cm³/mol. The number of nitrogens with zero attached hydrogens (tertiary/aromatic N) is 3. The van der Waals surface area contributed by atoms with Gasteiger partial charge in [0.25, 0.3) is 0 Å². The lowest BCUT2D eigenvalue weighted by atomic mass is 10.2. The Morgan fingerprint density at radius 2 is 2.00 bits per heavy atom. The van der Waals surface area contributed by atoms with Crippen molar-refractivity contribution in [2.75, 3.05) is 13.6 Å². The zero-order valence-electron chi connectivity index (χ0n) is 11.9. The summed E-state index contributed by atoms with van der Waals surface area (Å²) in [4.78, 5) is 13.7. The summed E-state index contributed by atoms with van der Waals surface area (Å²) in [5.41, 5.74) is 2.41. The highest BCUT2D eigenvalue weighted by atomic mass is 19.1. The molecule has 108 valence electrons.